The third-order valence-corrected chi connectivity index (χ3v) is 2.49. The van der Waals surface area contributed by atoms with Gasteiger partial charge in [-0.2, -0.15) is 5.10 Å². The topological polar surface area (TPSA) is 71.8 Å². The Morgan fingerprint density at radius 1 is 1.60 bits per heavy atom. The number of fused-ring (bicyclic) bond motifs is 1. The molecular formula is C10H10ClN3O. The summed E-state index contributed by atoms with van der Waals surface area (Å²) in [5.41, 5.74) is 6.74. The second kappa shape index (κ2) is 3.64. The molecule has 5 heteroatoms. The van der Waals surface area contributed by atoms with Crippen LogP contribution in [-0.4, -0.2) is 22.0 Å². The number of rotatable bonds is 2. The highest BCUT2D eigenvalue weighted by Gasteiger charge is 2.12. The molecule has 0 aliphatic rings. The molecule has 0 spiro atoms. The second-order valence-corrected chi connectivity index (χ2v) is 3.80. The van der Waals surface area contributed by atoms with Crippen LogP contribution in [0.1, 0.15) is 17.3 Å². The number of carbonyl (C=O) groups is 1. The maximum atomic E-state index is 11.6. The van der Waals surface area contributed by atoms with E-state index in [1.54, 1.807) is 25.1 Å². The first-order chi connectivity index (χ1) is 7.09. The Kier molecular flexibility index (Phi) is 2.46. The van der Waals surface area contributed by atoms with Crippen LogP contribution in [0.4, 0.5) is 0 Å². The van der Waals surface area contributed by atoms with Gasteiger partial charge in [0.15, 0.2) is 5.78 Å². The number of ketones is 1. The van der Waals surface area contributed by atoms with Gasteiger partial charge in [-0.1, -0.05) is 17.7 Å². The van der Waals surface area contributed by atoms with E-state index in [0.29, 0.717) is 16.2 Å². The van der Waals surface area contributed by atoms with E-state index in [1.807, 2.05) is 0 Å². The zero-order valence-corrected chi connectivity index (χ0v) is 8.88. The van der Waals surface area contributed by atoms with Crippen LogP contribution >= 0.6 is 11.6 Å². The van der Waals surface area contributed by atoms with Gasteiger partial charge >= 0.3 is 0 Å². The van der Waals surface area contributed by atoms with Gasteiger partial charge in [-0.15, -0.1) is 0 Å². The third kappa shape index (κ3) is 1.73. The number of halogens is 1. The summed E-state index contributed by atoms with van der Waals surface area (Å²) in [6.07, 6.45) is 0. The van der Waals surface area contributed by atoms with Crippen molar-refractivity contribution < 1.29 is 4.79 Å². The fraction of sp³-hybridized carbons (Fsp3) is 0.200. The highest BCUT2D eigenvalue weighted by Crippen LogP contribution is 2.21. The van der Waals surface area contributed by atoms with Crippen LogP contribution < -0.4 is 5.73 Å². The SMILES string of the molecule is CC(N)C(=O)c1ccc2c(Cl)[nH]nc2c1. The minimum Gasteiger partial charge on any atom is -0.321 e. The molecule has 0 aliphatic carbocycles. The molecule has 0 fully saturated rings. The first kappa shape index (κ1) is 10.1. The quantitative estimate of drug-likeness (QED) is 0.762. The maximum absolute atomic E-state index is 11.6. The summed E-state index contributed by atoms with van der Waals surface area (Å²) in [5, 5.41) is 7.90. The van der Waals surface area contributed by atoms with Crippen LogP contribution in [0.15, 0.2) is 18.2 Å². The van der Waals surface area contributed by atoms with Gasteiger partial charge in [-0.3, -0.25) is 9.89 Å². The average Bonchev–Trinajstić information content (AvgIpc) is 2.59. The monoisotopic (exact) mass is 223 g/mol. The molecule has 1 heterocycles. The Bertz CT molecular complexity index is 518. The molecule has 1 atom stereocenters. The summed E-state index contributed by atoms with van der Waals surface area (Å²) in [6.45, 7) is 1.66. The van der Waals surface area contributed by atoms with Crippen LogP contribution in [0.3, 0.4) is 0 Å². The van der Waals surface area contributed by atoms with Gasteiger partial charge in [-0.05, 0) is 19.1 Å². The molecule has 15 heavy (non-hydrogen) atoms. The lowest BCUT2D eigenvalue weighted by atomic mass is 10.0. The molecule has 0 saturated carbocycles. The Balaban J connectivity index is 2.52. The van der Waals surface area contributed by atoms with Gasteiger partial charge in [0.25, 0.3) is 0 Å². The molecule has 78 valence electrons. The van der Waals surface area contributed by atoms with E-state index >= 15 is 0 Å². The Morgan fingerprint density at radius 2 is 2.33 bits per heavy atom. The number of nitrogens with one attached hydrogen (secondary N) is 1. The van der Waals surface area contributed by atoms with Crippen molar-refractivity contribution in [1.29, 1.82) is 0 Å². The third-order valence-electron chi connectivity index (χ3n) is 2.21. The number of carbonyl (C=O) groups excluding carboxylic acids is 1. The molecule has 0 aliphatic heterocycles. The standard InChI is InChI=1S/C10H10ClN3O/c1-5(12)9(15)6-2-3-7-8(4-6)13-14-10(7)11/h2-5H,12H2,1H3,(H,13,14). The van der Waals surface area contributed by atoms with E-state index < -0.39 is 6.04 Å². The van der Waals surface area contributed by atoms with E-state index in [1.165, 1.54) is 0 Å². The number of nitrogens with two attached hydrogens (primary N) is 1. The number of aromatic nitrogens is 2. The molecule has 3 N–H and O–H groups in total. The summed E-state index contributed by atoms with van der Waals surface area (Å²) in [5.74, 6) is -0.101. The van der Waals surface area contributed by atoms with E-state index in [9.17, 15) is 4.79 Å². The molecule has 1 aromatic heterocycles. The molecule has 1 aromatic carbocycles. The summed E-state index contributed by atoms with van der Waals surface area (Å²) in [4.78, 5) is 11.6. The molecular weight excluding hydrogens is 214 g/mol. The van der Waals surface area contributed by atoms with Crippen LogP contribution in [0.25, 0.3) is 10.9 Å². The van der Waals surface area contributed by atoms with Gasteiger partial charge < -0.3 is 5.73 Å². The van der Waals surface area contributed by atoms with Crippen molar-refractivity contribution in [2.45, 2.75) is 13.0 Å². The highest BCUT2D eigenvalue weighted by atomic mass is 35.5. The number of H-pyrrole nitrogens is 1. The van der Waals surface area contributed by atoms with E-state index in [2.05, 4.69) is 10.2 Å². The fourth-order valence-electron chi connectivity index (χ4n) is 1.40. The first-order valence-electron chi connectivity index (χ1n) is 4.53. The number of hydrogen-bond acceptors (Lipinski definition) is 3. The second-order valence-electron chi connectivity index (χ2n) is 3.42. The number of Topliss-reactive ketones (excluding diaryl/α,β-unsaturated/α-hetero) is 1. The number of nitrogens with zero attached hydrogens (tertiary/aromatic N) is 1. The highest BCUT2D eigenvalue weighted by molar-refractivity contribution is 6.34. The van der Waals surface area contributed by atoms with Crippen molar-refractivity contribution in [1.82, 2.24) is 10.2 Å². The Hall–Kier alpha value is -1.39. The molecule has 1 unspecified atom stereocenters. The van der Waals surface area contributed by atoms with Crippen molar-refractivity contribution in [2.24, 2.45) is 5.73 Å². The first-order valence-corrected chi connectivity index (χ1v) is 4.91. The maximum Gasteiger partial charge on any atom is 0.179 e. The molecule has 2 aromatic rings. The van der Waals surface area contributed by atoms with Gasteiger partial charge in [-0.25, -0.2) is 0 Å². The van der Waals surface area contributed by atoms with E-state index in [4.69, 9.17) is 17.3 Å². The zero-order valence-electron chi connectivity index (χ0n) is 8.12. The van der Waals surface area contributed by atoms with Gasteiger partial charge in [0.2, 0.25) is 0 Å². The average molecular weight is 224 g/mol. The van der Waals surface area contributed by atoms with Crippen LogP contribution in [-0.2, 0) is 0 Å². The van der Waals surface area contributed by atoms with Gasteiger partial charge in [0.05, 0.1) is 11.6 Å². The lowest BCUT2D eigenvalue weighted by Crippen LogP contribution is -2.26. The van der Waals surface area contributed by atoms with Crippen LogP contribution in [0.2, 0.25) is 5.15 Å². The van der Waals surface area contributed by atoms with Crippen molar-refractivity contribution in [3.05, 3.63) is 28.9 Å². The molecule has 0 radical (unpaired) electrons. The zero-order chi connectivity index (χ0) is 11.0. The number of benzene rings is 1. The molecule has 4 nitrogen and oxygen atoms in total. The number of hydrogen-bond donors (Lipinski definition) is 2. The molecule has 0 amide bonds. The summed E-state index contributed by atoms with van der Waals surface area (Å²) >= 11 is 5.84. The molecule has 2 rings (SSSR count). The minimum atomic E-state index is -0.503. The normalized spacial score (nSPS) is 13.0. The van der Waals surface area contributed by atoms with Gasteiger partial charge in [0, 0.05) is 10.9 Å². The predicted octanol–water partition coefficient (Wildman–Crippen LogP) is 1.75. The van der Waals surface area contributed by atoms with Crippen molar-refractivity contribution in [3.63, 3.8) is 0 Å². The summed E-state index contributed by atoms with van der Waals surface area (Å²) < 4.78 is 0. The van der Waals surface area contributed by atoms with Crippen molar-refractivity contribution >= 4 is 28.3 Å². The summed E-state index contributed by atoms with van der Waals surface area (Å²) in [6, 6.07) is 4.65. The van der Waals surface area contributed by atoms with E-state index in [-0.39, 0.29) is 5.78 Å². The molecule has 0 saturated heterocycles. The predicted molar refractivity (Wildman–Crippen MR) is 59.1 cm³/mol. The largest absolute Gasteiger partial charge is 0.321 e. The lowest BCUT2D eigenvalue weighted by Gasteiger charge is -2.03. The lowest BCUT2D eigenvalue weighted by molar-refractivity contribution is 0.0968. The summed E-state index contributed by atoms with van der Waals surface area (Å²) in [7, 11) is 0. The Morgan fingerprint density at radius 3 is 3.00 bits per heavy atom. The van der Waals surface area contributed by atoms with Crippen molar-refractivity contribution in [3.8, 4) is 0 Å². The fourth-order valence-corrected chi connectivity index (χ4v) is 1.60. The van der Waals surface area contributed by atoms with Crippen LogP contribution in [0, 0.1) is 0 Å². The van der Waals surface area contributed by atoms with Crippen molar-refractivity contribution in [2.75, 3.05) is 0 Å². The number of aromatic amines is 1. The van der Waals surface area contributed by atoms with Crippen LogP contribution in [0.5, 0.6) is 0 Å². The molecule has 0 bridgehead atoms. The van der Waals surface area contributed by atoms with Gasteiger partial charge in [0.1, 0.15) is 5.15 Å². The van der Waals surface area contributed by atoms with E-state index in [0.717, 1.165) is 5.39 Å². The Labute approximate surface area is 91.4 Å². The smallest absolute Gasteiger partial charge is 0.179 e. The minimum absolute atomic E-state index is 0.101.